The Balaban J connectivity index is 1.89. The number of rotatable bonds is 14. The highest BCUT2D eigenvalue weighted by molar-refractivity contribution is 5.63. The lowest BCUT2D eigenvalue weighted by Crippen LogP contribution is -2.01. The first-order chi connectivity index (χ1) is 13.7. The number of hydrogen-bond donors (Lipinski definition) is 0. The molecule has 0 saturated carbocycles. The molecule has 0 spiro atoms. The molecular weight excluding hydrogens is 344 g/mol. The fourth-order valence-electron chi connectivity index (χ4n) is 3.33. The van der Waals surface area contributed by atoms with Gasteiger partial charge in [-0.3, -0.25) is 0 Å². The summed E-state index contributed by atoms with van der Waals surface area (Å²) < 4.78 is 6.10. The number of hydrogen-bond acceptors (Lipinski definition) is 3. The number of benzene rings is 1. The minimum atomic E-state index is 0.758. The first kappa shape index (κ1) is 22.4. The summed E-state index contributed by atoms with van der Waals surface area (Å²) in [6.45, 7) is 7.61. The van der Waals surface area contributed by atoms with Crippen molar-refractivity contribution >= 4 is 0 Å². The van der Waals surface area contributed by atoms with Crippen LogP contribution in [0.2, 0.25) is 0 Å². The number of para-hydroxylation sites is 1. The van der Waals surface area contributed by atoms with E-state index in [4.69, 9.17) is 9.72 Å². The third-order valence-corrected chi connectivity index (χ3v) is 5.42. The zero-order valence-corrected chi connectivity index (χ0v) is 18.1. The Morgan fingerprint density at radius 2 is 1.75 bits per heavy atom. The minimum Gasteiger partial charge on any atom is -0.493 e. The molecule has 0 amide bonds. The van der Waals surface area contributed by atoms with E-state index in [0.29, 0.717) is 0 Å². The first-order valence-electron chi connectivity index (χ1n) is 11.3. The Morgan fingerprint density at radius 3 is 2.57 bits per heavy atom. The molecule has 3 heteroatoms. The molecule has 3 nitrogen and oxygen atoms in total. The molecule has 1 unspecified atom stereocenters. The number of aromatic nitrogens is 2. The van der Waals surface area contributed by atoms with E-state index >= 15 is 0 Å². The summed E-state index contributed by atoms with van der Waals surface area (Å²) in [7, 11) is 0. The molecule has 154 valence electrons. The van der Waals surface area contributed by atoms with Crippen LogP contribution in [0.25, 0.3) is 11.4 Å². The molecule has 0 radical (unpaired) electrons. The third kappa shape index (κ3) is 8.00. The molecule has 2 rings (SSSR count). The summed E-state index contributed by atoms with van der Waals surface area (Å²) in [5, 5.41) is 0. The molecule has 0 bridgehead atoms. The van der Waals surface area contributed by atoms with Crippen molar-refractivity contribution in [2.75, 3.05) is 6.61 Å². The zero-order valence-electron chi connectivity index (χ0n) is 18.1. The van der Waals surface area contributed by atoms with Crippen LogP contribution in [0, 0.1) is 5.92 Å². The van der Waals surface area contributed by atoms with Gasteiger partial charge in [-0.05, 0) is 43.4 Å². The van der Waals surface area contributed by atoms with Crippen molar-refractivity contribution in [3.8, 4) is 17.1 Å². The van der Waals surface area contributed by atoms with Crippen LogP contribution in [0.5, 0.6) is 5.75 Å². The molecule has 28 heavy (non-hydrogen) atoms. The van der Waals surface area contributed by atoms with Gasteiger partial charge in [0.25, 0.3) is 0 Å². The van der Waals surface area contributed by atoms with E-state index in [9.17, 15) is 0 Å². The highest BCUT2D eigenvalue weighted by atomic mass is 16.5. The van der Waals surface area contributed by atoms with Gasteiger partial charge in [0.15, 0.2) is 5.82 Å². The topological polar surface area (TPSA) is 35.0 Å². The van der Waals surface area contributed by atoms with Crippen molar-refractivity contribution < 1.29 is 4.74 Å². The summed E-state index contributed by atoms with van der Waals surface area (Å²) in [5.41, 5.74) is 2.12. The summed E-state index contributed by atoms with van der Waals surface area (Å²) in [6.07, 6.45) is 14.2. The molecule has 0 aliphatic heterocycles. The van der Waals surface area contributed by atoms with Crippen LogP contribution >= 0.6 is 0 Å². The number of ether oxygens (including phenoxy) is 1. The van der Waals surface area contributed by atoms with Crippen molar-refractivity contribution in [3.05, 3.63) is 42.2 Å². The van der Waals surface area contributed by atoms with Crippen LogP contribution in [0.4, 0.5) is 0 Å². The Kier molecular flexibility index (Phi) is 10.6. The second-order valence-electron chi connectivity index (χ2n) is 7.89. The monoisotopic (exact) mass is 382 g/mol. The highest BCUT2D eigenvalue weighted by Crippen LogP contribution is 2.27. The van der Waals surface area contributed by atoms with E-state index < -0.39 is 0 Å². The molecule has 1 aromatic heterocycles. The SMILES string of the molecule is CCCCCCc1ccnc(-c2ccccc2OCCCCCC(C)CC)n1. The van der Waals surface area contributed by atoms with Crippen LogP contribution in [0.15, 0.2) is 36.5 Å². The van der Waals surface area contributed by atoms with Crippen molar-refractivity contribution in [2.45, 2.75) is 85.0 Å². The summed E-state index contributed by atoms with van der Waals surface area (Å²) >= 11 is 0. The van der Waals surface area contributed by atoms with Gasteiger partial charge in [-0.25, -0.2) is 9.97 Å². The Hall–Kier alpha value is -1.90. The van der Waals surface area contributed by atoms with Gasteiger partial charge in [-0.15, -0.1) is 0 Å². The molecule has 0 aliphatic rings. The van der Waals surface area contributed by atoms with Gasteiger partial charge in [-0.2, -0.15) is 0 Å². The van der Waals surface area contributed by atoms with E-state index in [0.717, 1.165) is 48.2 Å². The lowest BCUT2D eigenvalue weighted by atomic mass is 10.0. The Morgan fingerprint density at radius 1 is 0.929 bits per heavy atom. The Bertz CT molecular complexity index is 671. The highest BCUT2D eigenvalue weighted by Gasteiger charge is 2.09. The fraction of sp³-hybridized carbons (Fsp3) is 0.600. The van der Waals surface area contributed by atoms with Gasteiger partial charge in [-0.1, -0.05) is 77.8 Å². The summed E-state index contributed by atoms with van der Waals surface area (Å²) in [6, 6.07) is 10.2. The molecule has 0 fully saturated rings. The third-order valence-electron chi connectivity index (χ3n) is 5.42. The number of aryl methyl sites for hydroxylation is 1. The average Bonchev–Trinajstić information content (AvgIpc) is 2.74. The maximum atomic E-state index is 6.10. The maximum absolute atomic E-state index is 6.10. The predicted octanol–water partition coefficient (Wildman–Crippen LogP) is 7.25. The Labute approximate surface area is 172 Å². The van der Waals surface area contributed by atoms with Gasteiger partial charge in [0.05, 0.1) is 12.2 Å². The van der Waals surface area contributed by atoms with Crippen LogP contribution in [-0.2, 0) is 6.42 Å². The number of nitrogens with zero attached hydrogens (tertiary/aromatic N) is 2. The van der Waals surface area contributed by atoms with Crippen molar-refractivity contribution in [1.82, 2.24) is 9.97 Å². The number of unbranched alkanes of at least 4 members (excludes halogenated alkanes) is 5. The molecule has 2 aromatic rings. The molecular formula is C25H38N2O. The van der Waals surface area contributed by atoms with Crippen LogP contribution in [0.1, 0.15) is 84.3 Å². The summed E-state index contributed by atoms with van der Waals surface area (Å²) in [5.74, 6) is 2.51. The predicted molar refractivity (Wildman–Crippen MR) is 119 cm³/mol. The van der Waals surface area contributed by atoms with Crippen molar-refractivity contribution in [3.63, 3.8) is 0 Å². The van der Waals surface area contributed by atoms with Crippen molar-refractivity contribution in [2.24, 2.45) is 5.92 Å². The fourth-order valence-corrected chi connectivity index (χ4v) is 3.33. The van der Waals surface area contributed by atoms with Crippen molar-refractivity contribution in [1.29, 1.82) is 0 Å². The smallest absolute Gasteiger partial charge is 0.163 e. The first-order valence-corrected chi connectivity index (χ1v) is 11.3. The average molecular weight is 383 g/mol. The van der Waals surface area contributed by atoms with Crippen LogP contribution in [0.3, 0.4) is 0 Å². The minimum absolute atomic E-state index is 0.758. The van der Waals surface area contributed by atoms with Gasteiger partial charge in [0.2, 0.25) is 0 Å². The lowest BCUT2D eigenvalue weighted by Gasteiger charge is -2.12. The van der Waals surface area contributed by atoms with Crippen LogP contribution in [-0.4, -0.2) is 16.6 Å². The van der Waals surface area contributed by atoms with Gasteiger partial charge < -0.3 is 4.74 Å². The maximum Gasteiger partial charge on any atom is 0.163 e. The summed E-state index contributed by atoms with van der Waals surface area (Å²) in [4.78, 5) is 9.31. The standard InChI is InChI=1S/C25H38N2O/c1-4-6-7-10-15-22-18-19-26-25(27-22)23-16-11-12-17-24(23)28-20-13-8-9-14-21(3)5-2/h11-12,16-19,21H,4-10,13-15,20H2,1-3H3. The van der Waals surface area contributed by atoms with E-state index in [-0.39, 0.29) is 0 Å². The van der Waals surface area contributed by atoms with Crippen LogP contribution < -0.4 is 4.74 Å². The molecule has 0 aliphatic carbocycles. The zero-order chi connectivity index (χ0) is 20.0. The van der Waals surface area contributed by atoms with E-state index in [1.807, 2.05) is 30.5 Å². The quantitative estimate of drug-likeness (QED) is 0.323. The van der Waals surface area contributed by atoms with E-state index in [1.54, 1.807) is 0 Å². The second kappa shape index (κ2) is 13.3. The van der Waals surface area contributed by atoms with E-state index in [1.165, 1.54) is 51.4 Å². The lowest BCUT2D eigenvalue weighted by molar-refractivity contribution is 0.303. The molecule has 1 atom stereocenters. The molecule has 1 heterocycles. The van der Waals surface area contributed by atoms with Gasteiger partial charge in [0.1, 0.15) is 5.75 Å². The van der Waals surface area contributed by atoms with Gasteiger partial charge >= 0.3 is 0 Å². The second-order valence-corrected chi connectivity index (χ2v) is 7.89. The largest absolute Gasteiger partial charge is 0.493 e. The normalized spacial score (nSPS) is 12.1. The van der Waals surface area contributed by atoms with E-state index in [2.05, 4.69) is 31.8 Å². The van der Waals surface area contributed by atoms with Gasteiger partial charge in [0, 0.05) is 11.9 Å². The molecule has 0 N–H and O–H groups in total. The molecule has 1 aromatic carbocycles. The molecule has 0 saturated heterocycles.